The normalized spacial score (nSPS) is 27.4. The van der Waals surface area contributed by atoms with Crippen molar-refractivity contribution in [3.63, 3.8) is 0 Å². The first kappa shape index (κ1) is 6.85. The van der Waals surface area contributed by atoms with Gasteiger partial charge in [-0.25, -0.2) is 0 Å². The van der Waals surface area contributed by atoms with E-state index < -0.39 is 0 Å². The fourth-order valence-corrected chi connectivity index (χ4v) is 2.44. The first-order chi connectivity index (χ1) is 6.93. The Balaban J connectivity index is 2.18. The summed E-state index contributed by atoms with van der Waals surface area (Å²) in [6.45, 7) is 0. The number of rotatable bonds is 0. The molecule has 3 heterocycles. The number of fused-ring (bicyclic) bond motifs is 7. The molecule has 0 N–H and O–H groups in total. The van der Waals surface area contributed by atoms with E-state index in [4.69, 9.17) is 9.15 Å². The van der Waals surface area contributed by atoms with E-state index in [2.05, 4.69) is 18.2 Å². The zero-order valence-electron chi connectivity index (χ0n) is 7.44. The minimum atomic E-state index is 0.149. The lowest BCUT2D eigenvalue weighted by atomic mass is 9.94. The maximum Gasteiger partial charge on any atom is 0.134 e. The van der Waals surface area contributed by atoms with Crippen molar-refractivity contribution in [2.75, 3.05) is 0 Å². The highest BCUT2D eigenvalue weighted by atomic mass is 16.5. The van der Waals surface area contributed by atoms with Crippen molar-refractivity contribution in [2.24, 2.45) is 0 Å². The van der Waals surface area contributed by atoms with Gasteiger partial charge in [-0.2, -0.15) is 0 Å². The lowest BCUT2D eigenvalue weighted by Gasteiger charge is -2.06. The van der Waals surface area contributed by atoms with Crippen LogP contribution >= 0.6 is 0 Å². The molecule has 0 amide bonds. The number of hydrogen-bond donors (Lipinski definition) is 0. The number of hydrogen-bond acceptors (Lipinski definition) is 2. The number of benzene rings is 1. The van der Waals surface area contributed by atoms with Gasteiger partial charge in [0, 0.05) is 10.9 Å². The minimum absolute atomic E-state index is 0.149. The molecule has 2 bridgehead atoms. The van der Waals surface area contributed by atoms with Crippen LogP contribution < -0.4 is 0 Å². The Bertz CT molecular complexity index is 550. The summed E-state index contributed by atoms with van der Waals surface area (Å²) in [7, 11) is 0. The molecule has 1 aromatic carbocycles. The van der Waals surface area contributed by atoms with Crippen molar-refractivity contribution in [3.05, 3.63) is 47.7 Å². The van der Waals surface area contributed by atoms with Crippen LogP contribution in [0.3, 0.4) is 0 Å². The highest BCUT2D eigenvalue weighted by Crippen LogP contribution is 2.48. The first-order valence-electron chi connectivity index (χ1n) is 4.77. The van der Waals surface area contributed by atoms with Crippen LogP contribution in [-0.2, 0) is 4.74 Å². The van der Waals surface area contributed by atoms with E-state index in [0.29, 0.717) is 0 Å². The lowest BCUT2D eigenvalue weighted by molar-refractivity contribution is 0.0883. The van der Waals surface area contributed by atoms with Gasteiger partial charge in [0.1, 0.15) is 17.8 Å². The third-order valence-corrected chi connectivity index (χ3v) is 3.06. The van der Waals surface area contributed by atoms with Crippen LogP contribution in [0.4, 0.5) is 0 Å². The summed E-state index contributed by atoms with van der Waals surface area (Å²) in [5.74, 6) is 0. The van der Waals surface area contributed by atoms with Crippen molar-refractivity contribution >= 4 is 11.0 Å². The lowest BCUT2D eigenvalue weighted by Crippen LogP contribution is -1.92. The fourth-order valence-electron chi connectivity index (χ4n) is 2.44. The van der Waals surface area contributed by atoms with Crippen LogP contribution in [0, 0.1) is 0 Å². The zero-order chi connectivity index (χ0) is 9.12. The summed E-state index contributed by atoms with van der Waals surface area (Å²) in [6, 6.07) is 6.15. The monoisotopic (exact) mass is 184 g/mol. The maximum atomic E-state index is 5.77. The summed E-state index contributed by atoms with van der Waals surface area (Å²) < 4.78 is 11.1. The van der Waals surface area contributed by atoms with Gasteiger partial charge >= 0.3 is 0 Å². The quantitative estimate of drug-likeness (QED) is 0.587. The molecule has 2 aromatic rings. The van der Waals surface area contributed by atoms with Crippen LogP contribution in [0.5, 0.6) is 0 Å². The molecular weight excluding hydrogens is 176 g/mol. The van der Waals surface area contributed by atoms with Crippen LogP contribution in [0.1, 0.15) is 23.3 Å². The van der Waals surface area contributed by atoms with Crippen LogP contribution in [0.2, 0.25) is 0 Å². The molecule has 0 spiro atoms. The number of furan rings is 1. The molecule has 0 fully saturated rings. The molecule has 14 heavy (non-hydrogen) atoms. The molecular formula is C12H8O2. The van der Waals surface area contributed by atoms with E-state index in [0.717, 1.165) is 5.58 Å². The maximum absolute atomic E-state index is 5.77. The van der Waals surface area contributed by atoms with Crippen LogP contribution in [-0.4, -0.2) is 0 Å². The van der Waals surface area contributed by atoms with E-state index in [1.54, 1.807) is 6.26 Å². The molecule has 0 saturated heterocycles. The Labute approximate surface area is 80.8 Å². The molecule has 2 atom stereocenters. The van der Waals surface area contributed by atoms with E-state index >= 15 is 0 Å². The van der Waals surface area contributed by atoms with Gasteiger partial charge in [-0.1, -0.05) is 18.2 Å². The molecule has 2 nitrogen and oxygen atoms in total. The molecule has 4 rings (SSSR count). The van der Waals surface area contributed by atoms with E-state index in [-0.39, 0.29) is 12.2 Å². The second-order valence-corrected chi connectivity index (χ2v) is 3.76. The van der Waals surface area contributed by atoms with Crippen molar-refractivity contribution in [1.82, 2.24) is 0 Å². The standard InChI is InChI=1S/C12H8O2/c1-2-9-8(5-6-13-9)12-7(1)10-3-4-11(12)14-10/h1-6,10-11H/t10-,11+/m0/s1. The average molecular weight is 184 g/mol. The molecule has 1 aromatic heterocycles. The topological polar surface area (TPSA) is 22.4 Å². The fraction of sp³-hybridized carbons (Fsp3) is 0.167. The van der Waals surface area contributed by atoms with Crippen molar-refractivity contribution in [1.29, 1.82) is 0 Å². The number of ether oxygens (including phenoxy) is 1. The Morgan fingerprint density at radius 1 is 1.00 bits per heavy atom. The Hall–Kier alpha value is -1.54. The highest BCUT2D eigenvalue weighted by molar-refractivity contribution is 5.84. The molecule has 0 aliphatic carbocycles. The zero-order valence-corrected chi connectivity index (χ0v) is 7.44. The van der Waals surface area contributed by atoms with Gasteiger partial charge in [-0.05, 0) is 17.7 Å². The van der Waals surface area contributed by atoms with Gasteiger partial charge in [0.25, 0.3) is 0 Å². The van der Waals surface area contributed by atoms with Crippen molar-refractivity contribution in [3.8, 4) is 0 Å². The van der Waals surface area contributed by atoms with Crippen molar-refractivity contribution < 1.29 is 9.15 Å². The SMILES string of the molecule is C1=C[C@H]2O[C@@H]1c1ccc3occc3c12. The summed E-state index contributed by atoms with van der Waals surface area (Å²) in [6.07, 6.45) is 6.31. The molecule has 68 valence electrons. The Morgan fingerprint density at radius 3 is 2.93 bits per heavy atom. The smallest absolute Gasteiger partial charge is 0.134 e. The van der Waals surface area contributed by atoms with Gasteiger partial charge in [0.15, 0.2) is 0 Å². The molecule has 2 heteroatoms. The molecule has 0 saturated carbocycles. The second-order valence-electron chi connectivity index (χ2n) is 3.76. The van der Waals surface area contributed by atoms with Gasteiger partial charge in [0.05, 0.1) is 6.26 Å². The summed E-state index contributed by atoms with van der Waals surface area (Å²) in [5.41, 5.74) is 3.54. The second kappa shape index (κ2) is 2.10. The van der Waals surface area contributed by atoms with E-state index in [1.165, 1.54) is 16.5 Å². The van der Waals surface area contributed by atoms with Crippen LogP contribution in [0.15, 0.2) is 41.0 Å². The van der Waals surface area contributed by atoms with E-state index in [1.807, 2.05) is 12.1 Å². The average Bonchev–Trinajstić information content (AvgIpc) is 2.92. The van der Waals surface area contributed by atoms with Gasteiger partial charge < -0.3 is 9.15 Å². The minimum Gasteiger partial charge on any atom is -0.464 e. The Kier molecular flexibility index (Phi) is 1.02. The molecule has 0 unspecified atom stereocenters. The third-order valence-electron chi connectivity index (χ3n) is 3.06. The predicted molar refractivity (Wildman–Crippen MR) is 51.9 cm³/mol. The van der Waals surface area contributed by atoms with Gasteiger partial charge in [0.2, 0.25) is 0 Å². The summed E-state index contributed by atoms with van der Waals surface area (Å²) >= 11 is 0. The molecule has 0 radical (unpaired) electrons. The van der Waals surface area contributed by atoms with Crippen molar-refractivity contribution in [2.45, 2.75) is 12.2 Å². The largest absolute Gasteiger partial charge is 0.464 e. The predicted octanol–water partition coefficient (Wildman–Crippen LogP) is 3.12. The summed E-state index contributed by atoms with van der Waals surface area (Å²) in [4.78, 5) is 0. The van der Waals surface area contributed by atoms with Gasteiger partial charge in [-0.15, -0.1) is 0 Å². The Morgan fingerprint density at radius 2 is 1.93 bits per heavy atom. The molecule has 2 aliphatic rings. The third kappa shape index (κ3) is 0.633. The van der Waals surface area contributed by atoms with Gasteiger partial charge in [-0.3, -0.25) is 0 Å². The first-order valence-corrected chi connectivity index (χ1v) is 4.77. The highest BCUT2D eigenvalue weighted by Gasteiger charge is 2.35. The van der Waals surface area contributed by atoms with Crippen LogP contribution in [0.25, 0.3) is 11.0 Å². The summed E-state index contributed by atoms with van der Waals surface area (Å²) in [5, 5.41) is 1.19. The molecule has 2 aliphatic heterocycles. The van der Waals surface area contributed by atoms with E-state index in [9.17, 15) is 0 Å².